The molecule has 6 heteroatoms. The molecule has 2 nitrogen and oxygen atoms in total. The quantitative estimate of drug-likeness (QED) is 0.549. The molecule has 0 atom stereocenters. The van der Waals surface area contributed by atoms with E-state index in [1.54, 1.807) is 18.2 Å². The summed E-state index contributed by atoms with van der Waals surface area (Å²) in [6.07, 6.45) is 0. The summed E-state index contributed by atoms with van der Waals surface area (Å²) in [4.78, 5) is 12.0. The fraction of sp³-hybridized carbons (Fsp3) is 0. The molecule has 0 aliphatic rings. The van der Waals surface area contributed by atoms with Crippen LogP contribution in [0.5, 0.6) is 0 Å². The molecule has 0 bridgehead atoms. The molecule has 1 amide bonds. The minimum atomic E-state index is -0.682. The van der Waals surface area contributed by atoms with Crippen molar-refractivity contribution in [2.24, 2.45) is 0 Å². The second-order valence-electron chi connectivity index (χ2n) is 3.71. The van der Waals surface area contributed by atoms with Crippen molar-refractivity contribution in [1.82, 2.24) is 0 Å². The maximum atomic E-state index is 13.4. The Labute approximate surface area is 133 Å². The van der Waals surface area contributed by atoms with Gasteiger partial charge in [0.15, 0.2) is 0 Å². The summed E-state index contributed by atoms with van der Waals surface area (Å²) in [5.74, 6) is -1.17. The van der Waals surface area contributed by atoms with E-state index in [2.05, 4.69) is 27.9 Å². The van der Waals surface area contributed by atoms with Crippen LogP contribution in [0, 0.1) is 9.39 Å². The number of anilines is 1. The van der Waals surface area contributed by atoms with E-state index in [0.717, 1.165) is 9.64 Å². The van der Waals surface area contributed by atoms with E-state index in [1.165, 1.54) is 6.07 Å². The Hall–Kier alpha value is -0.850. The lowest BCUT2D eigenvalue weighted by Crippen LogP contribution is -2.13. The van der Waals surface area contributed by atoms with E-state index in [4.69, 9.17) is 23.2 Å². The normalized spacial score (nSPS) is 10.3. The molecule has 2 aromatic rings. The first-order chi connectivity index (χ1) is 8.97. The predicted octanol–water partition coefficient (Wildman–Crippen LogP) is 4.99. The van der Waals surface area contributed by atoms with Gasteiger partial charge in [0.1, 0.15) is 5.82 Å². The van der Waals surface area contributed by atoms with Gasteiger partial charge in [-0.1, -0.05) is 29.3 Å². The number of rotatable bonds is 2. The smallest absolute Gasteiger partial charge is 0.257 e. The van der Waals surface area contributed by atoms with Crippen molar-refractivity contribution in [2.45, 2.75) is 0 Å². The van der Waals surface area contributed by atoms with Gasteiger partial charge in [-0.15, -0.1) is 0 Å². The van der Waals surface area contributed by atoms with E-state index >= 15 is 0 Å². The van der Waals surface area contributed by atoms with Crippen molar-refractivity contribution >= 4 is 57.4 Å². The molecule has 0 unspecified atom stereocenters. The number of halogens is 4. The molecule has 0 spiro atoms. The monoisotopic (exact) mass is 409 g/mol. The van der Waals surface area contributed by atoms with E-state index in [-0.39, 0.29) is 15.6 Å². The highest BCUT2D eigenvalue weighted by Crippen LogP contribution is 2.25. The van der Waals surface area contributed by atoms with Gasteiger partial charge in [-0.3, -0.25) is 4.79 Å². The SMILES string of the molecule is O=C(Nc1cccc(I)c1)c1cc(F)c(Cl)cc1Cl. The third-order valence-corrected chi connectivity index (χ3v) is 3.61. The van der Waals surface area contributed by atoms with Gasteiger partial charge in [-0.05, 0) is 52.9 Å². The van der Waals surface area contributed by atoms with Gasteiger partial charge in [-0.2, -0.15) is 0 Å². The van der Waals surface area contributed by atoms with Gasteiger partial charge in [-0.25, -0.2) is 4.39 Å². The third-order valence-electron chi connectivity index (χ3n) is 2.34. The van der Waals surface area contributed by atoms with Crippen LogP contribution >= 0.6 is 45.8 Å². The van der Waals surface area contributed by atoms with Crippen LogP contribution in [0.2, 0.25) is 10.0 Å². The second kappa shape index (κ2) is 6.07. The number of carbonyl (C=O) groups is 1. The van der Waals surface area contributed by atoms with Crippen molar-refractivity contribution in [1.29, 1.82) is 0 Å². The molecule has 2 rings (SSSR count). The molecule has 1 N–H and O–H groups in total. The average Bonchev–Trinajstić information content (AvgIpc) is 2.33. The van der Waals surface area contributed by atoms with E-state index in [0.29, 0.717) is 5.69 Å². The number of amides is 1. The zero-order valence-corrected chi connectivity index (χ0v) is 13.1. The van der Waals surface area contributed by atoms with E-state index in [1.807, 2.05) is 6.07 Å². The summed E-state index contributed by atoms with van der Waals surface area (Å²) in [6.45, 7) is 0. The Morgan fingerprint density at radius 2 is 1.89 bits per heavy atom. The van der Waals surface area contributed by atoms with Gasteiger partial charge >= 0.3 is 0 Å². The van der Waals surface area contributed by atoms with Crippen LogP contribution in [0.25, 0.3) is 0 Å². The Balaban J connectivity index is 2.28. The first-order valence-electron chi connectivity index (χ1n) is 5.19. The summed E-state index contributed by atoms with van der Waals surface area (Å²) < 4.78 is 14.3. The molecule has 0 aliphatic carbocycles. The highest BCUT2D eigenvalue weighted by Gasteiger charge is 2.14. The zero-order valence-electron chi connectivity index (χ0n) is 9.38. The molecule has 0 aromatic heterocycles. The van der Waals surface area contributed by atoms with Gasteiger partial charge in [0.2, 0.25) is 0 Å². The fourth-order valence-electron chi connectivity index (χ4n) is 1.46. The van der Waals surface area contributed by atoms with Gasteiger partial charge < -0.3 is 5.32 Å². The van der Waals surface area contributed by atoms with Crippen LogP contribution < -0.4 is 5.32 Å². The standard InChI is InChI=1S/C13H7Cl2FINO/c14-10-6-11(15)12(16)5-9(10)13(19)18-8-3-1-2-7(17)4-8/h1-6H,(H,18,19). The summed E-state index contributed by atoms with van der Waals surface area (Å²) in [7, 11) is 0. The Morgan fingerprint density at radius 3 is 2.58 bits per heavy atom. The largest absolute Gasteiger partial charge is 0.322 e. The molecule has 0 heterocycles. The summed E-state index contributed by atoms with van der Waals surface area (Å²) in [6, 6.07) is 9.46. The molecule has 0 aliphatic heterocycles. The van der Waals surface area contributed by atoms with Crippen LogP contribution in [0.15, 0.2) is 36.4 Å². The molecule has 0 radical (unpaired) electrons. The van der Waals surface area contributed by atoms with Crippen molar-refractivity contribution in [3.8, 4) is 0 Å². The van der Waals surface area contributed by atoms with Crippen molar-refractivity contribution in [3.63, 3.8) is 0 Å². The molecular formula is C13H7Cl2FINO. The van der Waals surface area contributed by atoms with E-state index < -0.39 is 11.7 Å². The van der Waals surface area contributed by atoms with Crippen molar-refractivity contribution in [3.05, 3.63) is 61.4 Å². The summed E-state index contributed by atoms with van der Waals surface area (Å²) in [5, 5.41) is 2.64. The lowest BCUT2D eigenvalue weighted by molar-refractivity contribution is 0.102. The minimum Gasteiger partial charge on any atom is -0.322 e. The Kier molecular flexibility index (Phi) is 4.65. The number of hydrogen-bond donors (Lipinski definition) is 1. The van der Waals surface area contributed by atoms with Crippen LogP contribution in [0.3, 0.4) is 0 Å². The van der Waals surface area contributed by atoms with Gasteiger partial charge in [0, 0.05) is 9.26 Å². The molecular weight excluding hydrogens is 403 g/mol. The minimum absolute atomic E-state index is 0.0439. The topological polar surface area (TPSA) is 29.1 Å². The van der Waals surface area contributed by atoms with Crippen LogP contribution in [-0.4, -0.2) is 5.91 Å². The maximum absolute atomic E-state index is 13.4. The molecule has 19 heavy (non-hydrogen) atoms. The van der Waals surface area contributed by atoms with Crippen LogP contribution in [0.1, 0.15) is 10.4 Å². The summed E-state index contributed by atoms with van der Waals surface area (Å²) >= 11 is 13.6. The van der Waals surface area contributed by atoms with Crippen LogP contribution in [-0.2, 0) is 0 Å². The number of nitrogens with one attached hydrogen (secondary N) is 1. The first kappa shape index (κ1) is 14.6. The lowest BCUT2D eigenvalue weighted by atomic mass is 10.2. The van der Waals surface area contributed by atoms with Crippen LogP contribution in [0.4, 0.5) is 10.1 Å². The number of carbonyl (C=O) groups excluding carboxylic acids is 1. The van der Waals surface area contributed by atoms with Crippen molar-refractivity contribution < 1.29 is 9.18 Å². The molecule has 0 saturated carbocycles. The first-order valence-corrected chi connectivity index (χ1v) is 7.02. The molecule has 2 aromatic carbocycles. The van der Waals surface area contributed by atoms with Gasteiger partial charge in [0.25, 0.3) is 5.91 Å². The number of hydrogen-bond acceptors (Lipinski definition) is 1. The molecule has 0 saturated heterocycles. The highest BCUT2D eigenvalue weighted by atomic mass is 127. The second-order valence-corrected chi connectivity index (χ2v) is 5.77. The molecule has 98 valence electrons. The van der Waals surface area contributed by atoms with Gasteiger partial charge in [0.05, 0.1) is 15.6 Å². The lowest BCUT2D eigenvalue weighted by Gasteiger charge is -2.08. The zero-order chi connectivity index (χ0) is 14.0. The third kappa shape index (κ3) is 3.58. The molecule has 0 fully saturated rings. The van der Waals surface area contributed by atoms with Crippen molar-refractivity contribution in [2.75, 3.05) is 5.32 Å². The number of benzene rings is 2. The average molecular weight is 410 g/mol. The summed E-state index contributed by atoms with van der Waals surface area (Å²) in [5.41, 5.74) is 0.658. The highest BCUT2D eigenvalue weighted by molar-refractivity contribution is 14.1. The van der Waals surface area contributed by atoms with E-state index in [9.17, 15) is 9.18 Å². The Morgan fingerprint density at radius 1 is 1.16 bits per heavy atom. The maximum Gasteiger partial charge on any atom is 0.257 e. The fourth-order valence-corrected chi connectivity index (χ4v) is 2.47. The Bertz CT molecular complexity index is 649. The predicted molar refractivity (Wildman–Crippen MR) is 83.5 cm³/mol.